The molecule has 13 heavy (non-hydrogen) atoms. The molecular weight excluding hydrogens is 166 g/mol. The Balaban J connectivity index is 4.36. The van der Waals surface area contributed by atoms with E-state index in [0.29, 0.717) is 0 Å². The molecule has 0 radical (unpaired) electrons. The molecule has 0 rings (SSSR count). The normalized spacial score (nSPS) is 10.7. The lowest BCUT2D eigenvalue weighted by molar-refractivity contribution is 0.152. The molecule has 0 aliphatic heterocycles. The van der Waals surface area contributed by atoms with Crippen molar-refractivity contribution in [2.75, 3.05) is 7.11 Å². The summed E-state index contributed by atoms with van der Waals surface area (Å²) in [7, 11) is 1.37. The Morgan fingerprint density at radius 3 is 2.38 bits per heavy atom. The molecule has 3 nitrogen and oxygen atoms in total. The van der Waals surface area contributed by atoms with Gasteiger partial charge in [0.1, 0.15) is 0 Å². The lowest BCUT2D eigenvalue weighted by atomic mass is 9.89. The second kappa shape index (κ2) is 5.62. The first-order chi connectivity index (χ1) is 6.14. The molecule has 1 N–H and O–H groups in total. The van der Waals surface area contributed by atoms with Crippen molar-refractivity contribution < 1.29 is 9.53 Å². The van der Waals surface area contributed by atoms with Gasteiger partial charge in [-0.25, -0.2) is 4.79 Å². The largest absolute Gasteiger partial charge is 0.453 e. The van der Waals surface area contributed by atoms with E-state index in [1.54, 1.807) is 0 Å². The number of carbonyl (C=O) groups excluding carboxylic acids is 1. The minimum absolute atomic E-state index is 0.186. The van der Waals surface area contributed by atoms with E-state index < -0.39 is 0 Å². The van der Waals surface area contributed by atoms with E-state index in [1.807, 2.05) is 19.9 Å². The van der Waals surface area contributed by atoms with Crippen LogP contribution in [0.4, 0.5) is 4.79 Å². The van der Waals surface area contributed by atoms with Crippen LogP contribution in [0, 0.1) is 0 Å². The van der Waals surface area contributed by atoms with Gasteiger partial charge < -0.3 is 10.1 Å². The summed E-state index contributed by atoms with van der Waals surface area (Å²) in [5.41, 5.74) is -0.186. The molecule has 0 aliphatic rings. The number of hydrogen-bond donors (Lipinski definition) is 1. The monoisotopic (exact) mass is 185 g/mol. The molecule has 0 aromatic rings. The maximum atomic E-state index is 11.1. The Hall–Kier alpha value is -0.990. The van der Waals surface area contributed by atoms with Crippen LogP contribution in [0.1, 0.15) is 33.1 Å². The summed E-state index contributed by atoms with van der Waals surface area (Å²) in [6.07, 6.45) is 3.98. The average molecular weight is 185 g/mol. The van der Waals surface area contributed by atoms with E-state index in [0.717, 1.165) is 19.3 Å². The number of rotatable bonds is 5. The molecule has 0 heterocycles. The molecule has 0 bridgehead atoms. The number of ether oxygens (including phenoxy) is 1. The summed E-state index contributed by atoms with van der Waals surface area (Å²) in [5.74, 6) is 0. The third kappa shape index (κ3) is 3.49. The van der Waals surface area contributed by atoms with E-state index >= 15 is 0 Å². The molecule has 0 aromatic carbocycles. The van der Waals surface area contributed by atoms with E-state index in [4.69, 9.17) is 0 Å². The standard InChI is InChI=1S/C10H19NO2/c1-5-8-10(6-2,7-3)11-9(12)13-4/h5H,1,6-8H2,2-4H3,(H,11,12). The van der Waals surface area contributed by atoms with Crippen LogP contribution in [0.2, 0.25) is 0 Å². The fourth-order valence-corrected chi connectivity index (χ4v) is 1.31. The Morgan fingerprint density at radius 2 is 2.08 bits per heavy atom. The van der Waals surface area contributed by atoms with Crippen LogP contribution in [0.25, 0.3) is 0 Å². The third-order valence-corrected chi connectivity index (χ3v) is 2.44. The van der Waals surface area contributed by atoms with Gasteiger partial charge in [-0.15, -0.1) is 6.58 Å². The summed E-state index contributed by atoms with van der Waals surface area (Å²) in [5, 5.41) is 2.85. The number of amides is 1. The van der Waals surface area contributed by atoms with Crippen LogP contribution in [0.3, 0.4) is 0 Å². The molecule has 0 saturated heterocycles. The van der Waals surface area contributed by atoms with Crippen molar-refractivity contribution in [2.24, 2.45) is 0 Å². The van der Waals surface area contributed by atoms with Gasteiger partial charge in [0.25, 0.3) is 0 Å². The zero-order valence-electron chi connectivity index (χ0n) is 8.72. The molecule has 0 saturated carbocycles. The van der Waals surface area contributed by atoms with E-state index in [2.05, 4.69) is 16.6 Å². The van der Waals surface area contributed by atoms with Crippen molar-refractivity contribution in [3.05, 3.63) is 12.7 Å². The van der Waals surface area contributed by atoms with Gasteiger partial charge in [0.05, 0.1) is 7.11 Å². The van der Waals surface area contributed by atoms with Crippen molar-refractivity contribution in [2.45, 2.75) is 38.6 Å². The number of alkyl carbamates (subject to hydrolysis) is 1. The maximum absolute atomic E-state index is 11.1. The summed E-state index contributed by atoms with van der Waals surface area (Å²) < 4.78 is 4.57. The first-order valence-electron chi connectivity index (χ1n) is 4.61. The van der Waals surface area contributed by atoms with Gasteiger partial charge in [-0.05, 0) is 19.3 Å². The topological polar surface area (TPSA) is 38.3 Å². The SMILES string of the molecule is C=CCC(CC)(CC)NC(=O)OC. The Kier molecular flexibility index (Phi) is 5.19. The van der Waals surface area contributed by atoms with Crippen molar-refractivity contribution >= 4 is 6.09 Å². The van der Waals surface area contributed by atoms with Crippen molar-refractivity contribution in [1.29, 1.82) is 0 Å². The lowest BCUT2D eigenvalue weighted by Crippen LogP contribution is -2.47. The maximum Gasteiger partial charge on any atom is 0.407 e. The third-order valence-electron chi connectivity index (χ3n) is 2.44. The minimum Gasteiger partial charge on any atom is -0.453 e. The van der Waals surface area contributed by atoms with Crippen molar-refractivity contribution in [3.8, 4) is 0 Å². The van der Waals surface area contributed by atoms with Gasteiger partial charge in [-0.3, -0.25) is 0 Å². The van der Waals surface area contributed by atoms with Crippen LogP contribution in [0.5, 0.6) is 0 Å². The lowest BCUT2D eigenvalue weighted by Gasteiger charge is -2.30. The van der Waals surface area contributed by atoms with Crippen molar-refractivity contribution in [1.82, 2.24) is 5.32 Å². The van der Waals surface area contributed by atoms with Crippen LogP contribution >= 0.6 is 0 Å². The first-order valence-corrected chi connectivity index (χ1v) is 4.61. The average Bonchev–Trinajstić information content (AvgIpc) is 2.17. The fourth-order valence-electron chi connectivity index (χ4n) is 1.31. The predicted octanol–water partition coefficient (Wildman–Crippen LogP) is 2.48. The van der Waals surface area contributed by atoms with Gasteiger partial charge in [-0.1, -0.05) is 19.9 Å². The van der Waals surface area contributed by atoms with Gasteiger partial charge in [0.15, 0.2) is 0 Å². The molecule has 1 amide bonds. The summed E-state index contributed by atoms with van der Waals surface area (Å²) in [4.78, 5) is 11.1. The highest BCUT2D eigenvalue weighted by molar-refractivity contribution is 5.68. The molecule has 0 aliphatic carbocycles. The Bertz CT molecular complexity index is 174. The molecule has 0 spiro atoms. The van der Waals surface area contributed by atoms with Crippen LogP contribution < -0.4 is 5.32 Å². The Labute approximate surface area is 80.2 Å². The fraction of sp³-hybridized carbons (Fsp3) is 0.700. The van der Waals surface area contributed by atoms with Gasteiger partial charge >= 0.3 is 6.09 Å². The molecule has 0 atom stereocenters. The molecule has 0 aromatic heterocycles. The first kappa shape index (κ1) is 12.0. The van der Waals surface area contributed by atoms with Crippen LogP contribution in [-0.4, -0.2) is 18.7 Å². The number of methoxy groups -OCH3 is 1. The summed E-state index contributed by atoms with van der Waals surface area (Å²) in [6.45, 7) is 7.77. The smallest absolute Gasteiger partial charge is 0.407 e. The Morgan fingerprint density at radius 1 is 1.54 bits per heavy atom. The highest BCUT2D eigenvalue weighted by Gasteiger charge is 2.26. The van der Waals surface area contributed by atoms with E-state index in [9.17, 15) is 4.79 Å². The molecular formula is C10H19NO2. The molecule has 0 fully saturated rings. The van der Waals surface area contributed by atoms with Crippen molar-refractivity contribution in [3.63, 3.8) is 0 Å². The number of carbonyl (C=O) groups is 1. The second-order valence-corrected chi connectivity index (χ2v) is 3.10. The zero-order valence-corrected chi connectivity index (χ0v) is 8.72. The second-order valence-electron chi connectivity index (χ2n) is 3.10. The molecule has 0 unspecified atom stereocenters. The summed E-state index contributed by atoms with van der Waals surface area (Å²) >= 11 is 0. The van der Waals surface area contributed by atoms with Gasteiger partial charge in [0.2, 0.25) is 0 Å². The van der Waals surface area contributed by atoms with Gasteiger partial charge in [-0.2, -0.15) is 0 Å². The van der Waals surface area contributed by atoms with E-state index in [1.165, 1.54) is 7.11 Å². The van der Waals surface area contributed by atoms with Crippen LogP contribution in [-0.2, 0) is 4.74 Å². The quantitative estimate of drug-likeness (QED) is 0.668. The highest BCUT2D eigenvalue weighted by Crippen LogP contribution is 2.20. The van der Waals surface area contributed by atoms with E-state index in [-0.39, 0.29) is 11.6 Å². The molecule has 76 valence electrons. The number of hydrogen-bond acceptors (Lipinski definition) is 2. The zero-order chi connectivity index (χ0) is 10.3. The minimum atomic E-state index is -0.370. The summed E-state index contributed by atoms with van der Waals surface area (Å²) in [6, 6.07) is 0. The highest BCUT2D eigenvalue weighted by atomic mass is 16.5. The predicted molar refractivity (Wildman–Crippen MR) is 53.7 cm³/mol. The van der Waals surface area contributed by atoms with Gasteiger partial charge in [0, 0.05) is 5.54 Å². The molecule has 3 heteroatoms. The number of nitrogens with one attached hydrogen (secondary N) is 1. The van der Waals surface area contributed by atoms with Crippen LogP contribution in [0.15, 0.2) is 12.7 Å².